The number of aromatic nitrogens is 3. The van der Waals surface area contributed by atoms with Crippen LogP contribution in [0.1, 0.15) is 227 Å². The number of amides is 2. The van der Waals surface area contributed by atoms with E-state index in [-0.39, 0.29) is 105 Å². The summed E-state index contributed by atoms with van der Waals surface area (Å²) in [6.45, 7) is 14.9. The van der Waals surface area contributed by atoms with Crippen molar-refractivity contribution in [1.82, 2.24) is 29.2 Å². The zero-order valence-electron chi connectivity index (χ0n) is 58.1. The topological polar surface area (TPSA) is 168 Å². The summed E-state index contributed by atoms with van der Waals surface area (Å²) in [7, 11) is 0. The van der Waals surface area contributed by atoms with Gasteiger partial charge in [0.15, 0.2) is 17.3 Å². The Morgan fingerprint density at radius 2 is 0.909 bits per heavy atom. The van der Waals surface area contributed by atoms with Crippen molar-refractivity contribution in [3.05, 3.63) is 105 Å². The summed E-state index contributed by atoms with van der Waals surface area (Å²) in [5.74, 6) is -6.92. The first-order valence-corrected chi connectivity index (χ1v) is 36.8. The van der Waals surface area contributed by atoms with Crippen LogP contribution in [0.3, 0.4) is 0 Å². The number of benzene rings is 3. The summed E-state index contributed by atoms with van der Waals surface area (Å²) in [6, 6.07) is 17.1. The van der Waals surface area contributed by atoms with Crippen LogP contribution in [0.15, 0.2) is 73.2 Å². The average Bonchev–Trinajstić information content (AvgIpc) is 1.64. The van der Waals surface area contributed by atoms with E-state index in [4.69, 9.17) is 49.4 Å². The van der Waals surface area contributed by atoms with Crippen molar-refractivity contribution < 1.29 is 64.9 Å². The fourth-order valence-electron chi connectivity index (χ4n) is 14.8. The number of ketones is 3. The maximum Gasteiger partial charge on any atom is 0.410 e. The van der Waals surface area contributed by atoms with Gasteiger partial charge in [-0.1, -0.05) is 53.0 Å². The normalized spacial score (nSPS) is 21.2. The zero-order chi connectivity index (χ0) is 71.6. The zero-order valence-corrected chi connectivity index (χ0v) is 60.4. The van der Waals surface area contributed by atoms with Gasteiger partial charge in [0.2, 0.25) is 17.8 Å². The predicted molar refractivity (Wildman–Crippen MR) is 379 cm³/mol. The van der Waals surface area contributed by atoms with Gasteiger partial charge in [0, 0.05) is 147 Å². The fraction of sp³-hybridized carbons (Fsp3) is 0.618. The maximum atomic E-state index is 13.5. The van der Waals surface area contributed by atoms with Crippen LogP contribution in [-0.4, -0.2) is 132 Å². The van der Waals surface area contributed by atoms with Gasteiger partial charge in [-0.3, -0.25) is 14.4 Å². The van der Waals surface area contributed by atoms with E-state index in [0.717, 1.165) is 77.9 Å². The number of carbonyl (C=O) groups excluding carboxylic acids is 5. The molecule has 3 aliphatic carbocycles. The third kappa shape index (κ3) is 21.4. The van der Waals surface area contributed by atoms with Gasteiger partial charge in [-0.15, -0.1) is 0 Å². The summed E-state index contributed by atoms with van der Waals surface area (Å²) in [4.78, 5) is 69.5. The lowest BCUT2D eigenvalue weighted by molar-refractivity contribution is -0.0469. The summed E-state index contributed by atoms with van der Waals surface area (Å²) in [5.41, 5.74) is 3.49. The lowest BCUT2D eigenvalue weighted by Gasteiger charge is -2.29. The summed E-state index contributed by atoms with van der Waals surface area (Å²) >= 11 is 19.2. The molecule has 0 spiro atoms. The molecule has 12 rings (SSSR count). The first-order chi connectivity index (χ1) is 46.8. The Bertz CT molecular complexity index is 3730. The Morgan fingerprint density at radius 1 is 0.515 bits per heavy atom. The second kappa shape index (κ2) is 33.5. The van der Waals surface area contributed by atoms with Gasteiger partial charge in [-0.2, -0.15) is 0 Å². The number of aromatic amines is 1. The van der Waals surface area contributed by atoms with Crippen molar-refractivity contribution >= 4 is 97.0 Å². The number of fused-ring (bicyclic) bond motifs is 3. The van der Waals surface area contributed by atoms with Crippen LogP contribution in [-0.2, 0) is 22.6 Å². The van der Waals surface area contributed by atoms with Crippen LogP contribution in [0.2, 0.25) is 15.1 Å². The van der Waals surface area contributed by atoms with Crippen molar-refractivity contribution in [2.45, 2.75) is 256 Å². The molecule has 3 N–H and O–H groups in total. The molecule has 14 nitrogen and oxygen atoms in total. The van der Waals surface area contributed by atoms with Crippen LogP contribution < -0.4 is 5.32 Å². The number of Topliss-reactive ketones (excluding diaryl/α,β-unsaturated/α-hetero) is 3. The van der Waals surface area contributed by atoms with Crippen molar-refractivity contribution in [2.75, 3.05) is 26.2 Å². The van der Waals surface area contributed by atoms with Crippen molar-refractivity contribution in [3.8, 4) is 0 Å². The van der Waals surface area contributed by atoms with Gasteiger partial charge >= 0.3 is 12.2 Å². The summed E-state index contributed by atoms with van der Waals surface area (Å²) in [6.07, 6.45) is 16.4. The Hall–Kier alpha value is -5.80. The number of aliphatic hydroxyl groups is 1. The molecule has 23 heteroatoms. The highest BCUT2D eigenvalue weighted by atomic mass is 35.5. The van der Waals surface area contributed by atoms with Gasteiger partial charge in [0.25, 0.3) is 0 Å². The van der Waals surface area contributed by atoms with Gasteiger partial charge in [-0.25, -0.2) is 35.9 Å². The minimum Gasteiger partial charge on any atom is -0.444 e. The van der Waals surface area contributed by atoms with Crippen LogP contribution in [0.4, 0.5) is 35.9 Å². The Morgan fingerprint density at radius 3 is 1.32 bits per heavy atom. The Kier molecular flexibility index (Phi) is 26.2. The number of aliphatic hydroxyl groups excluding tert-OH is 1. The lowest BCUT2D eigenvalue weighted by atomic mass is 9.83. The smallest absolute Gasteiger partial charge is 0.410 e. The number of alkyl halides is 6. The standard InChI is InChI=1S/C27H35ClF2N2O3.C22H27ClF2N2O.C17H18ClF2NO.C10H19NO3/c1-26(2,3)35-25(34)32-15-5-6-19(32)16-31-17-20(24-21(28)7-4-8-22(24)31)23(33)10-9-18-11-13-27(29,30)14-12-18;23-18-4-1-5-19-21(18)17(14-27(19)13-16-3-2-12-26-16)20(28)7-6-15-8-10-22(24,25)11-9-15;18-13-2-1-3-14-16(13)12(10-21-14)15(22)5-4-11-6-8-17(19,20)9-7-11;1-10(2,3)14-9(13)11-6-4-5-8(11)7-12/h4,7-8,17-19H,5-6,9-16H2,1-3H3;1,4-5,14-16,26H,2-3,6-13H2;1-3,10-11,21H,4-9H2;8,12H,4-7H2,1-3H3/t19-;16-;;8-/m00.0/s1. The molecule has 3 atom stereocenters. The molecule has 6 aromatic rings. The van der Waals surface area contributed by atoms with Crippen LogP contribution in [0.5, 0.6) is 0 Å². The number of nitrogens with zero attached hydrogens (tertiary/aromatic N) is 4. The molecule has 0 bridgehead atoms. The van der Waals surface area contributed by atoms with E-state index in [0.29, 0.717) is 134 Å². The molecule has 3 saturated heterocycles. The van der Waals surface area contributed by atoms with Gasteiger partial charge in [-0.05, 0) is 199 Å². The highest BCUT2D eigenvalue weighted by molar-refractivity contribution is 6.38. The molecule has 2 amide bonds. The molecule has 3 saturated carbocycles. The highest BCUT2D eigenvalue weighted by Crippen LogP contribution is 2.42. The van der Waals surface area contributed by atoms with Crippen LogP contribution >= 0.6 is 34.8 Å². The third-order valence-corrected chi connectivity index (χ3v) is 21.3. The van der Waals surface area contributed by atoms with Gasteiger partial charge in [0.1, 0.15) is 11.2 Å². The minimum atomic E-state index is -2.56. The molecule has 3 aliphatic heterocycles. The molecular weight excluding hydrogens is 1350 g/mol. The monoisotopic (exact) mass is 1440 g/mol. The van der Waals surface area contributed by atoms with E-state index < -0.39 is 29.0 Å². The molecule has 544 valence electrons. The summed E-state index contributed by atoms with van der Waals surface area (Å²) < 4.78 is 94.9. The van der Waals surface area contributed by atoms with E-state index in [1.807, 2.05) is 101 Å². The molecule has 0 unspecified atom stereocenters. The number of carbonyl (C=O) groups is 5. The SMILES string of the molecule is CC(C)(C)OC(=O)N1CCC[C@H]1CO.CC(C)(C)OC(=O)N1CCC[C@H]1Cn1cc(C(=O)CCC2CCC(F)(F)CC2)c2c(Cl)cccc21.O=C(CCC1CCC(F)(F)CC1)c1c[nH]c2cccc(Cl)c12.O=C(CCC1CCC(F)(F)CC1)c1cn(C[C@@H]2CCCN2)c2cccc(Cl)c12. The van der Waals surface area contributed by atoms with Crippen molar-refractivity contribution in [1.29, 1.82) is 0 Å². The quantitative estimate of drug-likeness (QED) is 0.0594. The number of rotatable bonds is 17. The number of nitrogens with one attached hydrogen (secondary N) is 2. The van der Waals surface area contributed by atoms with Crippen molar-refractivity contribution in [2.24, 2.45) is 17.8 Å². The number of hydrogen-bond acceptors (Lipinski definition) is 9. The second-order valence-electron chi connectivity index (χ2n) is 30.2. The number of halogens is 9. The van der Waals surface area contributed by atoms with E-state index in [1.165, 1.54) is 6.42 Å². The van der Waals surface area contributed by atoms with E-state index in [2.05, 4.69) is 14.9 Å². The van der Waals surface area contributed by atoms with Gasteiger partial charge < -0.3 is 43.8 Å². The Balaban J connectivity index is 0.000000161. The number of hydrogen-bond donors (Lipinski definition) is 3. The highest BCUT2D eigenvalue weighted by Gasteiger charge is 2.39. The summed E-state index contributed by atoms with van der Waals surface area (Å²) in [5, 5.41) is 16.5. The molecule has 99 heavy (non-hydrogen) atoms. The number of H-pyrrole nitrogens is 1. The molecule has 3 aromatic heterocycles. The lowest BCUT2D eigenvalue weighted by Crippen LogP contribution is -2.41. The first-order valence-electron chi connectivity index (χ1n) is 35.6. The number of ether oxygens (including phenoxy) is 2. The predicted octanol–water partition coefficient (Wildman–Crippen LogP) is 20.3. The maximum absolute atomic E-state index is 13.5. The fourth-order valence-corrected chi connectivity index (χ4v) is 15.6. The van der Waals surface area contributed by atoms with E-state index in [1.54, 1.807) is 28.1 Å². The van der Waals surface area contributed by atoms with Crippen LogP contribution in [0.25, 0.3) is 32.7 Å². The number of likely N-dealkylation sites (tertiary alicyclic amines) is 2. The van der Waals surface area contributed by atoms with Gasteiger partial charge in [0.05, 0.1) is 44.8 Å². The van der Waals surface area contributed by atoms with Crippen LogP contribution in [0, 0.1) is 17.8 Å². The Labute approximate surface area is 592 Å². The molecular formula is C76H99Cl3F6N6O8. The molecule has 6 heterocycles. The first kappa shape index (κ1) is 77.4. The van der Waals surface area contributed by atoms with E-state index >= 15 is 0 Å². The largest absolute Gasteiger partial charge is 0.444 e. The van der Waals surface area contributed by atoms with E-state index in [9.17, 15) is 50.3 Å². The second-order valence-corrected chi connectivity index (χ2v) is 31.4. The molecule has 3 aromatic carbocycles. The molecule has 6 aliphatic rings. The molecule has 6 fully saturated rings. The average molecular weight is 1450 g/mol. The molecule has 0 radical (unpaired) electrons. The van der Waals surface area contributed by atoms with Crippen molar-refractivity contribution in [3.63, 3.8) is 0 Å². The third-order valence-electron chi connectivity index (χ3n) is 20.3. The minimum absolute atomic E-state index is 0.0189.